The van der Waals surface area contributed by atoms with E-state index in [4.69, 9.17) is 4.74 Å². The molecule has 1 unspecified atom stereocenters. The molecule has 26 heavy (non-hydrogen) atoms. The Labute approximate surface area is 156 Å². The lowest BCUT2D eigenvalue weighted by Gasteiger charge is -2.24. The van der Waals surface area contributed by atoms with E-state index in [0.29, 0.717) is 5.75 Å². The highest BCUT2D eigenvalue weighted by Gasteiger charge is 2.21. The second kappa shape index (κ2) is 8.95. The number of anilines is 1. The number of benzene rings is 2. The summed E-state index contributed by atoms with van der Waals surface area (Å²) in [6, 6.07) is 17.4. The smallest absolute Gasteiger partial charge is 0.262 e. The molecule has 2 nitrogen and oxygen atoms in total. The summed E-state index contributed by atoms with van der Waals surface area (Å²) in [5, 5.41) is 0. The molecule has 0 spiro atoms. The minimum Gasteiger partial charge on any atom is -0.493 e. The molecule has 0 aliphatic heterocycles. The van der Waals surface area contributed by atoms with E-state index in [9.17, 15) is 8.78 Å². The molecule has 5 heteroatoms. The van der Waals surface area contributed by atoms with Gasteiger partial charge in [-0.2, -0.15) is 0 Å². The lowest BCUT2D eigenvalue weighted by atomic mass is 10.1. The van der Waals surface area contributed by atoms with Crippen molar-refractivity contribution in [3.8, 4) is 5.75 Å². The van der Waals surface area contributed by atoms with Crippen LogP contribution in [0.2, 0.25) is 0 Å². The van der Waals surface area contributed by atoms with Crippen molar-refractivity contribution >= 4 is 20.6 Å². The Morgan fingerprint density at radius 1 is 1.19 bits per heavy atom. The maximum Gasteiger partial charge on any atom is 0.262 e. The molecule has 0 amide bonds. The molecule has 0 saturated heterocycles. The Balaban J connectivity index is 2.26. The van der Waals surface area contributed by atoms with E-state index >= 15 is 0 Å². The summed E-state index contributed by atoms with van der Waals surface area (Å²) in [5.74, 6) is 0.561. The monoisotopic (exact) mass is 375 g/mol. The van der Waals surface area contributed by atoms with Gasteiger partial charge in [0.1, 0.15) is 5.75 Å². The van der Waals surface area contributed by atoms with Crippen molar-refractivity contribution in [2.24, 2.45) is 0 Å². The van der Waals surface area contributed by atoms with Crippen molar-refractivity contribution in [2.45, 2.75) is 19.0 Å². The van der Waals surface area contributed by atoms with E-state index in [2.05, 4.69) is 11.5 Å². The summed E-state index contributed by atoms with van der Waals surface area (Å²) < 4.78 is 31.4. The summed E-state index contributed by atoms with van der Waals surface area (Å²) in [4.78, 5) is 2.06. The van der Waals surface area contributed by atoms with E-state index in [-0.39, 0.29) is 13.0 Å². The molecule has 1 atom stereocenters. The number of hydrogen-bond donors (Lipinski definition) is 0. The van der Waals surface area contributed by atoms with Gasteiger partial charge in [-0.25, -0.2) is 8.78 Å². The first-order valence-electron chi connectivity index (χ1n) is 8.32. The number of ether oxygens (including phenoxy) is 1. The predicted octanol–water partition coefficient (Wildman–Crippen LogP) is 5.98. The fourth-order valence-corrected chi connectivity index (χ4v) is 2.57. The predicted molar refractivity (Wildman–Crippen MR) is 109 cm³/mol. The second-order valence-corrected chi connectivity index (χ2v) is 7.00. The van der Waals surface area contributed by atoms with Crippen LogP contribution in [0.5, 0.6) is 5.75 Å². The van der Waals surface area contributed by atoms with Crippen LogP contribution in [0.25, 0.3) is 5.70 Å². The van der Waals surface area contributed by atoms with Crippen molar-refractivity contribution in [2.75, 3.05) is 18.6 Å². The average molecular weight is 375 g/mol. The molecule has 0 aliphatic carbocycles. The Hall–Kier alpha value is -2.19. The summed E-state index contributed by atoms with van der Waals surface area (Å²) in [6.07, 6.45) is 1.64. The van der Waals surface area contributed by atoms with Crippen LogP contribution in [0.1, 0.15) is 18.9 Å². The highest BCUT2D eigenvalue weighted by atomic mass is 31.0. The molecule has 2 aromatic carbocycles. The minimum absolute atomic E-state index is 0.0476. The average Bonchev–Trinajstić information content (AvgIpc) is 2.59. The van der Waals surface area contributed by atoms with Crippen LogP contribution < -0.4 is 9.64 Å². The van der Waals surface area contributed by atoms with Gasteiger partial charge >= 0.3 is 0 Å². The van der Waals surface area contributed by atoms with Crippen LogP contribution in [0.4, 0.5) is 14.5 Å². The van der Waals surface area contributed by atoms with Gasteiger partial charge < -0.3 is 9.64 Å². The molecule has 0 heterocycles. The highest BCUT2D eigenvalue weighted by molar-refractivity contribution is 7.18. The SMILES string of the molecule is C=C(C)/C=C(/c1cccc(OCCC(F)(F)P)c1)N(C)c1ccccc1. The lowest BCUT2D eigenvalue weighted by Crippen LogP contribution is -2.15. The topological polar surface area (TPSA) is 12.5 Å². The summed E-state index contributed by atoms with van der Waals surface area (Å²) in [6.45, 7) is 5.86. The lowest BCUT2D eigenvalue weighted by molar-refractivity contribution is 0.0756. The van der Waals surface area contributed by atoms with Gasteiger partial charge in [0.25, 0.3) is 5.66 Å². The minimum atomic E-state index is -2.81. The van der Waals surface area contributed by atoms with Gasteiger partial charge in [0.15, 0.2) is 0 Å². The molecular weight excluding hydrogens is 351 g/mol. The van der Waals surface area contributed by atoms with E-state index in [1.807, 2.05) is 68.6 Å². The fraction of sp³-hybridized carbons (Fsp3) is 0.238. The maximum absolute atomic E-state index is 12.9. The second-order valence-electron chi connectivity index (χ2n) is 6.16. The normalized spacial score (nSPS) is 12.0. The quantitative estimate of drug-likeness (QED) is 0.416. The number of halogens is 2. The van der Waals surface area contributed by atoms with Crippen molar-refractivity contribution in [1.82, 2.24) is 0 Å². The van der Waals surface area contributed by atoms with Crippen molar-refractivity contribution in [3.05, 3.63) is 78.4 Å². The first-order valence-corrected chi connectivity index (χ1v) is 8.90. The van der Waals surface area contributed by atoms with Crippen LogP contribution in [0, 0.1) is 0 Å². The zero-order chi connectivity index (χ0) is 19.2. The zero-order valence-electron chi connectivity index (χ0n) is 15.1. The summed E-state index contributed by atoms with van der Waals surface area (Å²) in [5.41, 5.74) is 1.02. The number of allylic oxidation sites excluding steroid dienone is 2. The van der Waals surface area contributed by atoms with Crippen LogP contribution in [-0.2, 0) is 0 Å². The largest absolute Gasteiger partial charge is 0.493 e. The molecular formula is C21H24F2NOP. The number of hydrogen-bond acceptors (Lipinski definition) is 2. The van der Waals surface area contributed by atoms with Crippen molar-refractivity contribution < 1.29 is 13.5 Å². The van der Waals surface area contributed by atoms with Crippen LogP contribution in [0.15, 0.2) is 72.8 Å². The molecule has 0 aliphatic rings. The Morgan fingerprint density at radius 2 is 1.88 bits per heavy atom. The molecule has 138 valence electrons. The van der Waals surface area contributed by atoms with E-state index in [1.54, 1.807) is 6.07 Å². The van der Waals surface area contributed by atoms with Gasteiger partial charge in [-0.05, 0) is 37.3 Å². The Bertz CT molecular complexity index is 769. The van der Waals surface area contributed by atoms with Crippen LogP contribution >= 0.6 is 9.24 Å². The zero-order valence-corrected chi connectivity index (χ0v) is 16.2. The summed E-state index contributed by atoms with van der Waals surface area (Å²) in [7, 11) is 3.51. The molecule has 2 aromatic rings. The summed E-state index contributed by atoms with van der Waals surface area (Å²) >= 11 is 0. The van der Waals surface area contributed by atoms with Gasteiger partial charge in [0.2, 0.25) is 0 Å². The van der Waals surface area contributed by atoms with Gasteiger partial charge in [-0.1, -0.05) is 51.7 Å². The fourth-order valence-electron chi connectivity index (χ4n) is 2.45. The van der Waals surface area contributed by atoms with Gasteiger partial charge in [0, 0.05) is 30.4 Å². The number of alkyl halides is 2. The highest BCUT2D eigenvalue weighted by Crippen LogP contribution is 2.29. The Kier molecular flexibility index (Phi) is 6.93. The van der Waals surface area contributed by atoms with Crippen molar-refractivity contribution in [1.29, 1.82) is 0 Å². The number of para-hydroxylation sites is 1. The number of nitrogens with zero attached hydrogens (tertiary/aromatic N) is 1. The molecule has 2 rings (SSSR count). The van der Waals surface area contributed by atoms with Gasteiger partial charge in [0.05, 0.1) is 6.61 Å². The first kappa shape index (κ1) is 20.1. The van der Waals surface area contributed by atoms with E-state index in [0.717, 1.165) is 22.5 Å². The third-order valence-corrected chi connectivity index (χ3v) is 4.01. The van der Waals surface area contributed by atoms with Crippen molar-refractivity contribution in [3.63, 3.8) is 0 Å². The van der Waals surface area contributed by atoms with Crippen LogP contribution in [-0.4, -0.2) is 19.3 Å². The third-order valence-electron chi connectivity index (χ3n) is 3.72. The molecule has 0 bridgehead atoms. The maximum atomic E-state index is 12.9. The molecule has 0 fully saturated rings. The molecule has 0 aromatic heterocycles. The van der Waals surface area contributed by atoms with Gasteiger partial charge in [-0.15, -0.1) is 0 Å². The Morgan fingerprint density at radius 3 is 2.50 bits per heavy atom. The third kappa shape index (κ3) is 6.27. The molecule has 0 N–H and O–H groups in total. The van der Waals surface area contributed by atoms with E-state index < -0.39 is 5.66 Å². The first-order chi connectivity index (χ1) is 12.3. The number of rotatable bonds is 8. The van der Waals surface area contributed by atoms with E-state index in [1.165, 1.54) is 9.24 Å². The molecule has 0 saturated carbocycles. The standard InChI is InChI=1S/C21H24F2NOP/c1-16(2)14-20(24(3)18-9-5-4-6-10-18)17-8-7-11-19(15-17)25-13-12-21(22,23)26/h4-11,14-15H,1,12-13,26H2,2-3H3/b20-14-. The molecule has 0 radical (unpaired) electrons. The van der Waals surface area contributed by atoms with Crippen LogP contribution in [0.3, 0.4) is 0 Å². The van der Waals surface area contributed by atoms with Gasteiger partial charge in [-0.3, -0.25) is 0 Å².